The van der Waals surface area contributed by atoms with E-state index >= 15 is 0 Å². The standard InChI is InChI=1S/C14H23N3O.HI/c1-4-13(11-18)16-14(17(2)3)15-10-12-8-6-5-7-9-12;/h5-9,13,18H,4,10-11H2,1-3H3,(H,15,16);1H/t13-;/m1./s1. The Morgan fingerprint density at radius 1 is 1.32 bits per heavy atom. The molecule has 0 aliphatic heterocycles. The molecule has 0 heterocycles. The quantitative estimate of drug-likeness (QED) is 0.469. The van der Waals surface area contributed by atoms with Crippen molar-refractivity contribution in [3.8, 4) is 0 Å². The van der Waals surface area contributed by atoms with Crippen LogP contribution in [0.4, 0.5) is 0 Å². The summed E-state index contributed by atoms with van der Waals surface area (Å²) in [5.41, 5.74) is 1.18. The van der Waals surface area contributed by atoms with Crippen LogP contribution in [0.3, 0.4) is 0 Å². The molecular formula is C14H24IN3O. The molecule has 2 N–H and O–H groups in total. The Morgan fingerprint density at radius 2 is 1.95 bits per heavy atom. The van der Waals surface area contributed by atoms with Gasteiger partial charge in [0.1, 0.15) is 0 Å². The molecule has 108 valence electrons. The Morgan fingerprint density at radius 3 is 2.42 bits per heavy atom. The molecule has 0 saturated carbocycles. The van der Waals surface area contributed by atoms with Gasteiger partial charge in [0, 0.05) is 14.1 Å². The summed E-state index contributed by atoms with van der Waals surface area (Å²) >= 11 is 0. The van der Waals surface area contributed by atoms with E-state index in [-0.39, 0.29) is 36.6 Å². The molecule has 0 spiro atoms. The zero-order chi connectivity index (χ0) is 13.4. The summed E-state index contributed by atoms with van der Waals surface area (Å²) < 4.78 is 0. The highest BCUT2D eigenvalue weighted by atomic mass is 127. The topological polar surface area (TPSA) is 47.9 Å². The third-order valence-corrected chi connectivity index (χ3v) is 2.72. The first-order valence-electron chi connectivity index (χ1n) is 6.30. The second-order valence-corrected chi connectivity index (χ2v) is 4.45. The van der Waals surface area contributed by atoms with E-state index in [0.29, 0.717) is 6.54 Å². The van der Waals surface area contributed by atoms with Gasteiger partial charge in [-0.25, -0.2) is 4.99 Å². The first-order chi connectivity index (χ1) is 8.67. The molecular weight excluding hydrogens is 353 g/mol. The van der Waals surface area contributed by atoms with Crippen molar-refractivity contribution in [3.05, 3.63) is 35.9 Å². The van der Waals surface area contributed by atoms with E-state index in [1.807, 2.05) is 44.1 Å². The molecule has 0 aliphatic rings. The number of aliphatic hydroxyl groups excluding tert-OH is 1. The molecule has 1 aromatic rings. The zero-order valence-corrected chi connectivity index (χ0v) is 14.2. The zero-order valence-electron chi connectivity index (χ0n) is 11.8. The maximum Gasteiger partial charge on any atom is 0.194 e. The van der Waals surface area contributed by atoms with Crippen LogP contribution >= 0.6 is 24.0 Å². The second-order valence-electron chi connectivity index (χ2n) is 4.45. The van der Waals surface area contributed by atoms with E-state index in [0.717, 1.165) is 12.4 Å². The number of halogens is 1. The lowest BCUT2D eigenvalue weighted by Gasteiger charge is -2.22. The molecule has 0 saturated heterocycles. The highest BCUT2D eigenvalue weighted by Crippen LogP contribution is 2.01. The minimum absolute atomic E-state index is 0. The van der Waals surface area contributed by atoms with Gasteiger partial charge in [0.2, 0.25) is 0 Å². The Bertz CT molecular complexity index is 364. The minimum Gasteiger partial charge on any atom is -0.394 e. The van der Waals surface area contributed by atoms with Crippen LogP contribution in [0, 0.1) is 0 Å². The third kappa shape index (κ3) is 6.77. The van der Waals surface area contributed by atoms with Gasteiger partial charge in [-0.1, -0.05) is 37.3 Å². The Hall–Kier alpha value is -0.820. The largest absolute Gasteiger partial charge is 0.394 e. The molecule has 0 aromatic heterocycles. The second kappa shape index (κ2) is 10.0. The number of aliphatic imine (C=N–C) groups is 1. The molecule has 0 radical (unpaired) electrons. The lowest BCUT2D eigenvalue weighted by Crippen LogP contribution is -2.44. The van der Waals surface area contributed by atoms with Crippen LogP contribution in [0.5, 0.6) is 0 Å². The van der Waals surface area contributed by atoms with Gasteiger partial charge >= 0.3 is 0 Å². The van der Waals surface area contributed by atoms with Crippen molar-refractivity contribution >= 4 is 29.9 Å². The predicted molar refractivity (Wildman–Crippen MR) is 91.0 cm³/mol. The van der Waals surface area contributed by atoms with Crippen molar-refractivity contribution in [1.82, 2.24) is 10.2 Å². The van der Waals surface area contributed by atoms with Crippen LogP contribution in [-0.2, 0) is 6.54 Å². The molecule has 0 amide bonds. The molecule has 4 nitrogen and oxygen atoms in total. The molecule has 0 bridgehead atoms. The van der Waals surface area contributed by atoms with Gasteiger partial charge in [0.15, 0.2) is 5.96 Å². The van der Waals surface area contributed by atoms with Crippen molar-refractivity contribution in [2.24, 2.45) is 4.99 Å². The molecule has 1 atom stereocenters. The first kappa shape index (κ1) is 18.2. The van der Waals surface area contributed by atoms with E-state index in [4.69, 9.17) is 0 Å². The summed E-state index contributed by atoms with van der Waals surface area (Å²) in [5.74, 6) is 0.805. The van der Waals surface area contributed by atoms with Gasteiger partial charge < -0.3 is 15.3 Å². The van der Waals surface area contributed by atoms with E-state index < -0.39 is 0 Å². The van der Waals surface area contributed by atoms with Crippen molar-refractivity contribution in [1.29, 1.82) is 0 Å². The van der Waals surface area contributed by atoms with Crippen LogP contribution in [0.15, 0.2) is 35.3 Å². The molecule has 0 unspecified atom stereocenters. The van der Waals surface area contributed by atoms with E-state index in [1.165, 1.54) is 5.56 Å². The molecule has 1 aromatic carbocycles. The van der Waals surface area contributed by atoms with Crippen LogP contribution in [0.2, 0.25) is 0 Å². The van der Waals surface area contributed by atoms with Crippen molar-refractivity contribution in [2.45, 2.75) is 25.9 Å². The number of nitrogens with zero attached hydrogens (tertiary/aromatic N) is 2. The monoisotopic (exact) mass is 377 g/mol. The summed E-state index contributed by atoms with van der Waals surface area (Å²) in [6, 6.07) is 10.2. The molecule has 19 heavy (non-hydrogen) atoms. The smallest absolute Gasteiger partial charge is 0.194 e. The van der Waals surface area contributed by atoms with Gasteiger partial charge in [-0.3, -0.25) is 0 Å². The number of hydrogen-bond donors (Lipinski definition) is 2. The highest BCUT2D eigenvalue weighted by Gasteiger charge is 2.08. The van der Waals surface area contributed by atoms with Crippen LogP contribution < -0.4 is 5.32 Å². The van der Waals surface area contributed by atoms with Crippen LogP contribution in [0.25, 0.3) is 0 Å². The highest BCUT2D eigenvalue weighted by molar-refractivity contribution is 14.0. The van der Waals surface area contributed by atoms with Gasteiger partial charge in [-0.05, 0) is 12.0 Å². The summed E-state index contributed by atoms with van der Waals surface area (Å²) in [5, 5.41) is 12.5. The number of nitrogens with one attached hydrogen (secondary N) is 1. The maximum absolute atomic E-state index is 9.21. The number of benzene rings is 1. The van der Waals surface area contributed by atoms with E-state index in [9.17, 15) is 5.11 Å². The normalized spacial score (nSPS) is 12.5. The summed E-state index contributed by atoms with van der Waals surface area (Å²) in [7, 11) is 3.89. The Labute approximate surface area is 132 Å². The maximum atomic E-state index is 9.21. The van der Waals surface area contributed by atoms with Crippen molar-refractivity contribution in [2.75, 3.05) is 20.7 Å². The number of guanidine groups is 1. The Kier molecular flexibility index (Phi) is 9.59. The van der Waals surface area contributed by atoms with Crippen molar-refractivity contribution < 1.29 is 5.11 Å². The van der Waals surface area contributed by atoms with Gasteiger partial charge in [-0.15, -0.1) is 24.0 Å². The molecule has 0 aliphatic carbocycles. The molecule has 0 fully saturated rings. The fourth-order valence-electron chi connectivity index (χ4n) is 1.53. The fourth-order valence-corrected chi connectivity index (χ4v) is 1.53. The average molecular weight is 377 g/mol. The number of hydrogen-bond acceptors (Lipinski definition) is 2. The predicted octanol–water partition coefficient (Wildman–Crippen LogP) is 2.08. The van der Waals surface area contributed by atoms with E-state index in [1.54, 1.807) is 0 Å². The van der Waals surface area contributed by atoms with E-state index in [2.05, 4.69) is 22.4 Å². The fraction of sp³-hybridized carbons (Fsp3) is 0.500. The van der Waals surface area contributed by atoms with Crippen molar-refractivity contribution in [3.63, 3.8) is 0 Å². The molecule has 1 rings (SSSR count). The average Bonchev–Trinajstić information content (AvgIpc) is 2.40. The summed E-state index contributed by atoms with van der Waals surface area (Å²) in [6.45, 7) is 2.80. The summed E-state index contributed by atoms with van der Waals surface area (Å²) in [4.78, 5) is 6.48. The van der Waals surface area contributed by atoms with Crippen LogP contribution in [0.1, 0.15) is 18.9 Å². The minimum atomic E-state index is 0. The lowest BCUT2D eigenvalue weighted by molar-refractivity contribution is 0.250. The van der Waals surface area contributed by atoms with Gasteiger partial charge in [0.25, 0.3) is 0 Å². The van der Waals surface area contributed by atoms with Gasteiger partial charge in [0.05, 0.1) is 19.2 Å². The number of rotatable bonds is 5. The van der Waals surface area contributed by atoms with Crippen LogP contribution in [-0.4, -0.2) is 42.7 Å². The SMILES string of the molecule is CC[C@H](CO)NC(=NCc1ccccc1)N(C)C.I. The summed E-state index contributed by atoms with van der Waals surface area (Å²) in [6.07, 6.45) is 0.870. The lowest BCUT2D eigenvalue weighted by atomic mass is 10.2. The number of aliphatic hydroxyl groups is 1. The first-order valence-corrected chi connectivity index (χ1v) is 6.30. The third-order valence-electron chi connectivity index (χ3n) is 2.72. The molecule has 5 heteroatoms. The Balaban J connectivity index is 0.00000324. The van der Waals surface area contributed by atoms with Gasteiger partial charge in [-0.2, -0.15) is 0 Å².